The molecule has 5 heteroatoms. The average molecular weight is 296 g/mol. The Morgan fingerprint density at radius 3 is 2.48 bits per heavy atom. The number of benzene rings is 2. The third kappa shape index (κ3) is 3.89. The zero-order valence-electron chi connectivity index (χ0n) is 11.8. The Hall–Kier alpha value is -1.72. The molecule has 0 aliphatic heterocycles. The van der Waals surface area contributed by atoms with Crippen LogP contribution in [0.1, 0.15) is 18.1 Å². The minimum Gasteiger partial charge on any atom is -0.496 e. The van der Waals surface area contributed by atoms with Gasteiger partial charge in [-0.25, -0.2) is 8.78 Å². The van der Waals surface area contributed by atoms with Crippen LogP contribution in [-0.2, 0) is 4.74 Å². The molecule has 1 N–H and O–H groups in total. The molecule has 0 aliphatic rings. The van der Waals surface area contributed by atoms with Crippen LogP contribution in [0.25, 0.3) is 10.8 Å². The molecule has 0 spiro atoms. The molecule has 0 saturated carbocycles. The van der Waals surface area contributed by atoms with Crippen molar-refractivity contribution in [2.75, 3.05) is 20.3 Å². The topological polar surface area (TPSA) is 38.7 Å². The monoisotopic (exact) mass is 296 g/mol. The Morgan fingerprint density at radius 1 is 1.10 bits per heavy atom. The second-order valence-corrected chi connectivity index (χ2v) is 4.67. The zero-order valence-corrected chi connectivity index (χ0v) is 11.8. The fourth-order valence-corrected chi connectivity index (χ4v) is 2.29. The van der Waals surface area contributed by atoms with Crippen molar-refractivity contribution in [1.29, 1.82) is 0 Å². The van der Waals surface area contributed by atoms with Crippen molar-refractivity contribution in [3.05, 3.63) is 42.0 Å². The maximum absolute atomic E-state index is 12.0. The maximum Gasteiger partial charge on any atom is 0.261 e. The minimum atomic E-state index is -2.48. The van der Waals surface area contributed by atoms with E-state index in [0.29, 0.717) is 0 Å². The largest absolute Gasteiger partial charge is 0.496 e. The van der Waals surface area contributed by atoms with Gasteiger partial charge in [-0.1, -0.05) is 30.3 Å². The van der Waals surface area contributed by atoms with E-state index >= 15 is 0 Å². The SMILES string of the molecule is COc1ccc(C(O)CCOCC(F)F)c2ccccc12. The molecule has 2 aromatic carbocycles. The van der Waals surface area contributed by atoms with Gasteiger partial charge in [-0.3, -0.25) is 0 Å². The Labute approximate surface area is 122 Å². The Balaban J connectivity index is 2.14. The van der Waals surface area contributed by atoms with Crippen LogP contribution in [0.2, 0.25) is 0 Å². The zero-order chi connectivity index (χ0) is 15.2. The summed E-state index contributed by atoms with van der Waals surface area (Å²) in [5.74, 6) is 0.732. The average Bonchev–Trinajstić information content (AvgIpc) is 2.50. The molecular formula is C16H18F2O3. The minimum absolute atomic E-state index is 0.0891. The molecule has 1 unspecified atom stereocenters. The van der Waals surface area contributed by atoms with E-state index in [1.54, 1.807) is 19.2 Å². The van der Waals surface area contributed by atoms with Crippen LogP contribution in [0.4, 0.5) is 8.78 Å². The molecule has 2 rings (SSSR count). The van der Waals surface area contributed by atoms with Crippen LogP contribution in [-0.4, -0.2) is 31.9 Å². The maximum atomic E-state index is 12.0. The van der Waals surface area contributed by atoms with E-state index in [0.717, 1.165) is 22.1 Å². The van der Waals surface area contributed by atoms with Crippen LogP contribution in [0.3, 0.4) is 0 Å². The summed E-state index contributed by atoms with van der Waals surface area (Å²) in [7, 11) is 1.59. The first-order valence-corrected chi connectivity index (χ1v) is 6.73. The molecule has 0 radical (unpaired) electrons. The summed E-state index contributed by atoms with van der Waals surface area (Å²) in [4.78, 5) is 0. The molecular weight excluding hydrogens is 278 g/mol. The first kappa shape index (κ1) is 15.7. The Morgan fingerprint density at radius 2 is 1.81 bits per heavy atom. The predicted molar refractivity (Wildman–Crippen MR) is 76.9 cm³/mol. The van der Waals surface area contributed by atoms with Crippen molar-refractivity contribution in [1.82, 2.24) is 0 Å². The molecule has 0 fully saturated rings. The summed E-state index contributed by atoms with van der Waals surface area (Å²) in [6.45, 7) is -0.512. The summed E-state index contributed by atoms with van der Waals surface area (Å²) >= 11 is 0. The first-order chi connectivity index (χ1) is 10.1. The van der Waals surface area contributed by atoms with Crippen molar-refractivity contribution in [3.63, 3.8) is 0 Å². The van der Waals surface area contributed by atoms with E-state index in [2.05, 4.69) is 0 Å². The second kappa shape index (κ2) is 7.33. The van der Waals surface area contributed by atoms with Crippen molar-refractivity contribution in [3.8, 4) is 5.75 Å². The highest BCUT2D eigenvalue weighted by atomic mass is 19.3. The van der Waals surface area contributed by atoms with Crippen LogP contribution in [0.5, 0.6) is 5.75 Å². The standard InChI is InChI=1S/C16H18F2O3/c1-20-15-7-6-12(11-4-2-3-5-13(11)15)14(19)8-9-21-10-16(17)18/h2-7,14,16,19H,8-10H2,1H3. The predicted octanol–water partition coefficient (Wildman–Crippen LogP) is 3.55. The molecule has 1 atom stereocenters. The number of hydrogen-bond donors (Lipinski definition) is 1. The van der Waals surface area contributed by atoms with Gasteiger partial charge in [0.2, 0.25) is 0 Å². The Kier molecular flexibility index (Phi) is 5.47. The van der Waals surface area contributed by atoms with Gasteiger partial charge in [0, 0.05) is 18.4 Å². The van der Waals surface area contributed by atoms with Crippen molar-refractivity contribution < 1.29 is 23.4 Å². The Bertz CT molecular complexity index is 587. The van der Waals surface area contributed by atoms with E-state index in [1.807, 2.05) is 24.3 Å². The number of alkyl halides is 2. The van der Waals surface area contributed by atoms with Gasteiger partial charge in [0.1, 0.15) is 12.4 Å². The fourth-order valence-electron chi connectivity index (χ4n) is 2.29. The number of hydrogen-bond acceptors (Lipinski definition) is 3. The molecule has 114 valence electrons. The van der Waals surface area contributed by atoms with E-state index in [1.165, 1.54) is 0 Å². The summed E-state index contributed by atoms with van der Waals surface area (Å²) in [5.41, 5.74) is 0.743. The molecule has 0 aromatic heterocycles. The number of halogens is 2. The van der Waals surface area contributed by atoms with Gasteiger partial charge >= 0.3 is 0 Å². The molecule has 0 saturated heterocycles. The van der Waals surface area contributed by atoms with E-state index in [4.69, 9.17) is 9.47 Å². The lowest BCUT2D eigenvalue weighted by molar-refractivity contribution is 0.00495. The molecule has 0 aliphatic carbocycles. The number of rotatable bonds is 7. The van der Waals surface area contributed by atoms with Crippen LogP contribution in [0.15, 0.2) is 36.4 Å². The molecule has 0 heterocycles. The second-order valence-electron chi connectivity index (χ2n) is 4.67. The summed E-state index contributed by atoms with van der Waals surface area (Å²) in [6, 6.07) is 11.2. The van der Waals surface area contributed by atoms with Crippen LogP contribution >= 0.6 is 0 Å². The van der Waals surface area contributed by atoms with Gasteiger partial charge in [0.15, 0.2) is 0 Å². The van der Waals surface area contributed by atoms with Gasteiger partial charge in [-0.15, -0.1) is 0 Å². The lowest BCUT2D eigenvalue weighted by Crippen LogP contribution is -2.09. The lowest BCUT2D eigenvalue weighted by Gasteiger charge is -2.15. The van der Waals surface area contributed by atoms with Crippen molar-refractivity contribution >= 4 is 10.8 Å². The molecule has 0 bridgehead atoms. The van der Waals surface area contributed by atoms with Gasteiger partial charge in [0.05, 0.1) is 13.2 Å². The van der Waals surface area contributed by atoms with Gasteiger partial charge in [-0.2, -0.15) is 0 Å². The summed E-state index contributed by atoms with van der Waals surface area (Å²) in [5, 5.41) is 12.0. The highest BCUT2D eigenvalue weighted by Crippen LogP contribution is 2.32. The summed E-state index contributed by atoms with van der Waals surface area (Å²) in [6.07, 6.45) is -2.98. The third-order valence-corrected chi connectivity index (χ3v) is 3.28. The van der Waals surface area contributed by atoms with Crippen molar-refractivity contribution in [2.45, 2.75) is 19.0 Å². The molecule has 2 aromatic rings. The summed E-state index contributed by atoms with van der Waals surface area (Å²) < 4.78 is 34.1. The normalized spacial score (nSPS) is 12.8. The van der Waals surface area contributed by atoms with Crippen LogP contribution < -0.4 is 4.74 Å². The molecule has 0 amide bonds. The van der Waals surface area contributed by atoms with E-state index < -0.39 is 19.1 Å². The first-order valence-electron chi connectivity index (χ1n) is 6.73. The number of aliphatic hydroxyl groups is 1. The smallest absolute Gasteiger partial charge is 0.261 e. The molecule has 3 nitrogen and oxygen atoms in total. The highest BCUT2D eigenvalue weighted by Gasteiger charge is 2.14. The fraction of sp³-hybridized carbons (Fsp3) is 0.375. The lowest BCUT2D eigenvalue weighted by atomic mass is 9.98. The number of ether oxygens (including phenoxy) is 2. The molecule has 21 heavy (non-hydrogen) atoms. The van der Waals surface area contributed by atoms with Gasteiger partial charge < -0.3 is 14.6 Å². The number of aliphatic hydroxyl groups excluding tert-OH is 1. The van der Waals surface area contributed by atoms with Gasteiger partial charge in [-0.05, 0) is 17.0 Å². The highest BCUT2D eigenvalue weighted by molar-refractivity contribution is 5.91. The third-order valence-electron chi connectivity index (χ3n) is 3.28. The van der Waals surface area contributed by atoms with E-state index in [9.17, 15) is 13.9 Å². The quantitative estimate of drug-likeness (QED) is 0.794. The van der Waals surface area contributed by atoms with Crippen molar-refractivity contribution in [2.24, 2.45) is 0 Å². The number of fused-ring (bicyclic) bond motifs is 1. The van der Waals surface area contributed by atoms with E-state index in [-0.39, 0.29) is 13.0 Å². The number of methoxy groups -OCH3 is 1. The van der Waals surface area contributed by atoms with Gasteiger partial charge in [0.25, 0.3) is 6.43 Å². The van der Waals surface area contributed by atoms with Crippen LogP contribution in [0, 0.1) is 0 Å².